The topological polar surface area (TPSA) is 61.9 Å². The molecule has 0 spiro atoms. The Labute approximate surface area is 215 Å². The summed E-state index contributed by atoms with van der Waals surface area (Å²) in [7, 11) is 0. The Balaban J connectivity index is 1.35. The van der Waals surface area contributed by atoms with Gasteiger partial charge in [-0.05, 0) is 73.5 Å². The van der Waals surface area contributed by atoms with E-state index in [1.807, 2.05) is 55.1 Å². The SMILES string of the molecule is Cc1cc(OCC(=O)Nc2ccccc2N2CCN(C(=O)c3ccc(Cl)cc3)CC2)cc(C)c1Cl. The van der Waals surface area contributed by atoms with Crippen LogP contribution < -0.4 is 15.0 Å². The predicted molar refractivity (Wildman–Crippen MR) is 141 cm³/mol. The van der Waals surface area contributed by atoms with E-state index in [0.29, 0.717) is 53.2 Å². The highest BCUT2D eigenvalue weighted by Gasteiger charge is 2.24. The van der Waals surface area contributed by atoms with Crippen LogP contribution in [0.5, 0.6) is 5.75 Å². The van der Waals surface area contributed by atoms with Crippen molar-refractivity contribution in [2.45, 2.75) is 13.8 Å². The number of carbonyl (C=O) groups excluding carboxylic acids is 2. The largest absolute Gasteiger partial charge is 0.484 e. The van der Waals surface area contributed by atoms with Crippen molar-refractivity contribution >= 4 is 46.4 Å². The second-order valence-corrected chi connectivity index (χ2v) is 9.33. The van der Waals surface area contributed by atoms with Gasteiger partial charge in [-0.15, -0.1) is 0 Å². The third-order valence-corrected chi connectivity index (χ3v) is 6.80. The molecule has 0 atom stereocenters. The minimum Gasteiger partial charge on any atom is -0.484 e. The van der Waals surface area contributed by atoms with E-state index in [0.717, 1.165) is 16.8 Å². The van der Waals surface area contributed by atoms with Gasteiger partial charge in [0, 0.05) is 41.8 Å². The Morgan fingerprint density at radius 2 is 1.54 bits per heavy atom. The zero-order valence-electron chi connectivity index (χ0n) is 19.7. The van der Waals surface area contributed by atoms with Gasteiger partial charge in [0.05, 0.1) is 11.4 Å². The van der Waals surface area contributed by atoms with E-state index >= 15 is 0 Å². The number of piperazine rings is 1. The molecule has 0 saturated carbocycles. The average molecular weight is 512 g/mol. The van der Waals surface area contributed by atoms with Crippen LogP contribution in [0.1, 0.15) is 21.5 Å². The summed E-state index contributed by atoms with van der Waals surface area (Å²) in [5.74, 6) is 0.348. The molecule has 1 aliphatic heterocycles. The molecule has 0 bridgehead atoms. The molecule has 1 aliphatic rings. The summed E-state index contributed by atoms with van der Waals surface area (Å²) in [4.78, 5) is 29.5. The number of benzene rings is 3. The number of halogens is 2. The highest BCUT2D eigenvalue weighted by Crippen LogP contribution is 2.28. The van der Waals surface area contributed by atoms with Crippen LogP contribution in [0.2, 0.25) is 10.0 Å². The van der Waals surface area contributed by atoms with Crippen molar-refractivity contribution < 1.29 is 14.3 Å². The van der Waals surface area contributed by atoms with Crippen molar-refractivity contribution in [2.75, 3.05) is 43.0 Å². The Morgan fingerprint density at radius 3 is 2.20 bits per heavy atom. The number of carbonyl (C=O) groups is 2. The number of nitrogens with one attached hydrogen (secondary N) is 1. The number of anilines is 2. The lowest BCUT2D eigenvalue weighted by molar-refractivity contribution is -0.118. The number of para-hydroxylation sites is 2. The molecule has 4 rings (SSSR count). The molecule has 3 aromatic rings. The van der Waals surface area contributed by atoms with E-state index in [-0.39, 0.29) is 18.4 Å². The van der Waals surface area contributed by atoms with Crippen molar-refractivity contribution in [3.63, 3.8) is 0 Å². The van der Waals surface area contributed by atoms with Crippen molar-refractivity contribution in [1.29, 1.82) is 0 Å². The molecule has 0 radical (unpaired) electrons. The monoisotopic (exact) mass is 511 g/mol. The van der Waals surface area contributed by atoms with Crippen molar-refractivity contribution in [3.8, 4) is 5.75 Å². The summed E-state index contributed by atoms with van der Waals surface area (Å²) in [6.45, 7) is 6.18. The minimum atomic E-state index is -0.251. The van der Waals surface area contributed by atoms with Crippen LogP contribution in [-0.4, -0.2) is 49.5 Å². The molecule has 1 N–H and O–H groups in total. The number of nitrogens with zero attached hydrogens (tertiary/aromatic N) is 2. The lowest BCUT2D eigenvalue weighted by Crippen LogP contribution is -2.49. The molecular formula is C27H27Cl2N3O3. The van der Waals surface area contributed by atoms with E-state index in [2.05, 4.69) is 10.2 Å². The Kier molecular flexibility index (Phi) is 7.83. The van der Waals surface area contributed by atoms with Crippen LogP contribution in [0.3, 0.4) is 0 Å². The van der Waals surface area contributed by atoms with Gasteiger partial charge in [0.25, 0.3) is 11.8 Å². The fraction of sp³-hybridized carbons (Fsp3) is 0.259. The molecule has 1 heterocycles. The maximum atomic E-state index is 12.8. The van der Waals surface area contributed by atoms with Gasteiger partial charge >= 0.3 is 0 Å². The van der Waals surface area contributed by atoms with Crippen molar-refractivity contribution in [2.24, 2.45) is 0 Å². The van der Waals surface area contributed by atoms with Crippen LogP contribution in [0.25, 0.3) is 0 Å². The number of hydrogen-bond donors (Lipinski definition) is 1. The summed E-state index contributed by atoms with van der Waals surface area (Å²) in [6.07, 6.45) is 0. The summed E-state index contributed by atoms with van der Waals surface area (Å²) in [5, 5.41) is 4.26. The van der Waals surface area contributed by atoms with E-state index in [4.69, 9.17) is 27.9 Å². The molecule has 2 amide bonds. The molecule has 182 valence electrons. The molecule has 8 heteroatoms. The molecule has 3 aromatic carbocycles. The number of aryl methyl sites for hydroxylation is 2. The second-order valence-electron chi connectivity index (χ2n) is 8.51. The molecule has 0 aromatic heterocycles. The number of hydrogen-bond acceptors (Lipinski definition) is 4. The summed E-state index contributed by atoms with van der Waals surface area (Å²) in [6, 6.07) is 18.2. The smallest absolute Gasteiger partial charge is 0.262 e. The number of rotatable bonds is 6. The fourth-order valence-electron chi connectivity index (χ4n) is 4.11. The summed E-state index contributed by atoms with van der Waals surface area (Å²) >= 11 is 12.1. The predicted octanol–water partition coefficient (Wildman–Crippen LogP) is 5.59. The Bertz CT molecular complexity index is 1200. The lowest BCUT2D eigenvalue weighted by atomic mass is 10.1. The van der Waals surface area contributed by atoms with Crippen LogP contribution >= 0.6 is 23.2 Å². The molecule has 6 nitrogen and oxygen atoms in total. The highest BCUT2D eigenvalue weighted by atomic mass is 35.5. The van der Waals surface area contributed by atoms with E-state index in [1.54, 1.807) is 24.3 Å². The first-order chi connectivity index (χ1) is 16.8. The first kappa shape index (κ1) is 24.9. The lowest BCUT2D eigenvalue weighted by Gasteiger charge is -2.37. The van der Waals surface area contributed by atoms with Gasteiger partial charge in [0.2, 0.25) is 0 Å². The van der Waals surface area contributed by atoms with E-state index in [1.165, 1.54) is 0 Å². The first-order valence-electron chi connectivity index (χ1n) is 11.4. The average Bonchev–Trinajstić information content (AvgIpc) is 2.86. The fourth-order valence-corrected chi connectivity index (χ4v) is 4.34. The normalized spacial score (nSPS) is 13.5. The first-order valence-corrected chi connectivity index (χ1v) is 12.2. The van der Waals surface area contributed by atoms with Gasteiger partial charge in [0.1, 0.15) is 5.75 Å². The van der Waals surface area contributed by atoms with Gasteiger partial charge in [-0.2, -0.15) is 0 Å². The Morgan fingerprint density at radius 1 is 0.914 bits per heavy atom. The maximum absolute atomic E-state index is 12.8. The van der Waals surface area contributed by atoms with Gasteiger partial charge in [-0.1, -0.05) is 35.3 Å². The minimum absolute atomic E-state index is 0.00673. The van der Waals surface area contributed by atoms with Gasteiger partial charge < -0.3 is 19.9 Å². The van der Waals surface area contributed by atoms with E-state index in [9.17, 15) is 9.59 Å². The van der Waals surface area contributed by atoms with Gasteiger partial charge in [0.15, 0.2) is 6.61 Å². The van der Waals surface area contributed by atoms with E-state index < -0.39 is 0 Å². The molecule has 0 unspecified atom stereocenters. The Hall–Kier alpha value is -3.22. The standard InChI is InChI=1S/C27H27Cl2N3O3/c1-18-15-22(16-19(2)26(18)29)35-17-25(33)30-23-5-3-4-6-24(23)31-11-13-32(14-12-31)27(34)20-7-9-21(28)10-8-20/h3-10,15-16H,11-14,17H2,1-2H3,(H,30,33). The maximum Gasteiger partial charge on any atom is 0.262 e. The molecule has 1 saturated heterocycles. The van der Waals surface area contributed by atoms with Crippen LogP contribution in [0, 0.1) is 13.8 Å². The van der Waals surface area contributed by atoms with Crippen LogP contribution in [0.4, 0.5) is 11.4 Å². The molecule has 1 fully saturated rings. The zero-order valence-corrected chi connectivity index (χ0v) is 21.2. The number of ether oxygens (including phenoxy) is 1. The van der Waals surface area contributed by atoms with Crippen molar-refractivity contribution in [1.82, 2.24) is 4.90 Å². The van der Waals surface area contributed by atoms with Gasteiger partial charge in [-0.25, -0.2) is 0 Å². The molecule has 0 aliphatic carbocycles. The molecular weight excluding hydrogens is 485 g/mol. The van der Waals surface area contributed by atoms with Gasteiger partial charge in [-0.3, -0.25) is 9.59 Å². The second kappa shape index (κ2) is 11.0. The quantitative estimate of drug-likeness (QED) is 0.468. The summed E-state index contributed by atoms with van der Waals surface area (Å²) < 4.78 is 5.70. The van der Waals surface area contributed by atoms with Crippen molar-refractivity contribution in [3.05, 3.63) is 87.4 Å². The summed E-state index contributed by atoms with van der Waals surface area (Å²) in [5.41, 5.74) is 4.06. The third kappa shape index (κ3) is 6.08. The molecule has 35 heavy (non-hydrogen) atoms. The third-order valence-electron chi connectivity index (χ3n) is 5.96. The highest BCUT2D eigenvalue weighted by molar-refractivity contribution is 6.32. The van der Waals surface area contributed by atoms with Crippen LogP contribution in [0.15, 0.2) is 60.7 Å². The zero-order chi connectivity index (χ0) is 24.9. The van der Waals surface area contributed by atoms with Crippen LogP contribution in [-0.2, 0) is 4.79 Å². The number of amides is 2.